The number of allylic oxidation sites excluding steroid dienone is 12. The zero-order valence-corrected chi connectivity index (χ0v) is 41.3. The monoisotopic (exact) mass is 879 g/mol. The van der Waals surface area contributed by atoms with Gasteiger partial charge in [-0.2, -0.15) is 0 Å². The third-order valence-electron chi connectivity index (χ3n) is 11.3. The van der Waals surface area contributed by atoms with E-state index in [9.17, 15) is 14.4 Å². The summed E-state index contributed by atoms with van der Waals surface area (Å²) >= 11 is 0. The van der Waals surface area contributed by atoms with Crippen molar-refractivity contribution in [2.75, 3.05) is 13.2 Å². The molecule has 0 aromatic carbocycles. The van der Waals surface area contributed by atoms with Crippen LogP contribution < -0.4 is 0 Å². The van der Waals surface area contributed by atoms with Crippen molar-refractivity contribution in [2.45, 2.75) is 258 Å². The van der Waals surface area contributed by atoms with Crippen molar-refractivity contribution in [3.05, 3.63) is 72.9 Å². The van der Waals surface area contributed by atoms with Gasteiger partial charge in [0.25, 0.3) is 0 Å². The summed E-state index contributed by atoms with van der Waals surface area (Å²) in [6.45, 7) is 6.44. The quantitative estimate of drug-likeness (QED) is 0.0199. The minimum atomic E-state index is -0.792. The van der Waals surface area contributed by atoms with Crippen molar-refractivity contribution >= 4 is 17.9 Å². The molecule has 0 N–H and O–H groups in total. The van der Waals surface area contributed by atoms with Crippen LogP contribution in [0.15, 0.2) is 72.9 Å². The first-order valence-electron chi connectivity index (χ1n) is 26.5. The molecule has 1 unspecified atom stereocenters. The van der Waals surface area contributed by atoms with Crippen LogP contribution in [-0.2, 0) is 28.6 Å². The SMILES string of the molecule is CC\C=C/C=C\C=C/C=C\CCCCCC(=O)OCC(COC(=O)CCCCCCCCC/C=C\C/C=C\CCCCC)OC(=O)CCCCCCCCCCCCCCCCC. The van der Waals surface area contributed by atoms with Gasteiger partial charge in [0.1, 0.15) is 13.2 Å². The lowest BCUT2D eigenvalue weighted by atomic mass is 10.0. The molecule has 0 aromatic heterocycles. The van der Waals surface area contributed by atoms with Crippen molar-refractivity contribution in [2.24, 2.45) is 0 Å². The van der Waals surface area contributed by atoms with Gasteiger partial charge < -0.3 is 14.2 Å². The molecular weight excluding hydrogens is 781 g/mol. The van der Waals surface area contributed by atoms with E-state index in [0.717, 1.165) is 83.5 Å². The Bertz CT molecular complexity index is 1190. The van der Waals surface area contributed by atoms with Gasteiger partial charge in [0, 0.05) is 19.3 Å². The summed E-state index contributed by atoms with van der Waals surface area (Å²) in [5.74, 6) is -0.933. The van der Waals surface area contributed by atoms with Gasteiger partial charge in [-0.15, -0.1) is 0 Å². The van der Waals surface area contributed by atoms with E-state index in [-0.39, 0.29) is 31.1 Å². The fraction of sp³-hybridized carbons (Fsp3) is 0.737. The van der Waals surface area contributed by atoms with Crippen LogP contribution in [0.25, 0.3) is 0 Å². The molecule has 0 aromatic rings. The average molecular weight is 879 g/mol. The van der Waals surface area contributed by atoms with Crippen LogP contribution in [0.3, 0.4) is 0 Å². The number of rotatable bonds is 47. The first kappa shape index (κ1) is 59.9. The van der Waals surface area contributed by atoms with E-state index in [1.54, 1.807) is 0 Å². The fourth-order valence-corrected chi connectivity index (χ4v) is 7.31. The zero-order valence-electron chi connectivity index (χ0n) is 41.3. The second kappa shape index (κ2) is 51.5. The Hall–Kier alpha value is -3.15. The first-order chi connectivity index (χ1) is 31.0. The molecule has 0 fully saturated rings. The maximum atomic E-state index is 12.8. The molecule has 0 amide bonds. The molecule has 0 rings (SSSR count). The van der Waals surface area contributed by atoms with Gasteiger partial charge in [-0.3, -0.25) is 14.4 Å². The minimum absolute atomic E-state index is 0.0909. The molecule has 0 radical (unpaired) electrons. The van der Waals surface area contributed by atoms with E-state index in [4.69, 9.17) is 14.2 Å². The van der Waals surface area contributed by atoms with Crippen molar-refractivity contribution in [1.82, 2.24) is 0 Å². The minimum Gasteiger partial charge on any atom is -0.462 e. The number of hydrogen-bond donors (Lipinski definition) is 0. The maximum absolute atomic E-state index is 12.8. The number of esters is 3. The number of ether oxygens (including phenoxy) is 3. The molecule has 0 heterocycles. The van der Waals surface area contributed by atoms with Gasteiger partial charge in [0.15, 0.2) is 6.10 Å². The zero-order chi connectivity index (χ0) is 45.8. The summed E-state index contributed by atoms with van der Waals surface area (Å²) in [5.41, 5.74) is 0. The molecule has 0 saturated heterocycles. The van der Waals surface area contributed by atoms with E-state index in [2.05, 4.69) is 63.3 Å². The van der Waals surface area contributed by atoms with Crippen LogP contribution in [0.2, 0.25) is 0 Å². The highest BCUT2D eigenvalue weighted by atomic mass is 16.6. The Morgan fingerprint density at radius 3 is 1.14 bits per heavy atom. The Morgan fingerprint density at radius 2 is 0.683 bits per heavy atom. The second-order valence-corrected chi connectivity index (χ2v) is 17.5. The van der Waals surface area contributed by atoms with E-state index < -0.39 is 6.10 Å². The lowest BCUT2D eigenvalue weighted by molar-refractivity contribution is -0.167. The summed E-state index contributed by atoms with van der Waals surface area (Å²) in [7, 11) is 0. The molecule has 362 valence electrons. The second-order valence-electron chi connectivity index (χ2n) is 17.5. The van der Waals surface area contributed by atoms with Crippen LogP contribution in [0, 0.1) is 0 Å². The van der Waals surface area contributed by atoms with Crippen molar-refractivity contribution in [3.63, 3.8) is 0 Å². The molecule has 6 nitrogen and oxygen atoms in total. The number of carbonyl (C=O) groups excluding carboxylic acids is 3. The van der Waals surface area contributed by atoms with Crippen LogP contribution in [0.1, 0.15) is 252 Å². The molecule has 0 saturated carbocycles. The fourth-order valence-electron chi connectivity index (χ4n) is 7.31. The first-order valence-corrected chi connectivity index (χ1v) is 26.5. The molecule has 0 aliphatic rings. The smallest absolute Gasteiger partial charge is 0.306 e. The Kier molecular flexibility index (Phi) is 48.9. The Labute approximate surface area is 389 Å². The normalized spacial score (nSPS) is 12.6. The maximum Gasteiger partial charge on any atom is 0.306 e. The predicted molar refractivity (Wildman–Crippen MR) is 270 cm³/mol. The van der Waals surface area contributed by atoms with Gasteiger partial charge >= 0.3 is 17.9 Å². The highest BCUT2D eigenvalue weighted by Crippen LogP contribution is 2.15. The van der Waals surface area contributed by atoms with Gasteiger partial charge in [0.05, 0.1) is 0 Å². The summed E-state index contributed by atoms with van der Waals surface area (Å²) in [6, 6.07) is 0. The van der Waals surface area contributed by atoms with E-state index in [1.165, 1.54) is 128 Å². The number of hydrogen-bond acceptors (Lipinski definition) is 6. The van der Waals surface area contributed by atoms with Gasteiger partial charge in [0.2, 0.25) is 0 Å². The van der Waals surface area contributed by atoms with Crippen LogP contribution >= 0.6 is 0 Å². The summed E-state index contributed by atoms with van der Waals surface area (Å²) in [6.07, 6.45) is 64.5. The molecule has 1 atom stereocenters. The van der Waals surface area contributed by atoms with Crippen molar-refractivity contribution in [3.8, 4) is 0 Å². The Balaban J connectivity index is 4.42. The average Bonchev–Trinajstić information content (AvgIpc) is 3.28. The lowest BCUT2D eigenvalue weighted by Crippen LogP contribution is -2.30. The molecule has 0 bridgehead atoms. The molecule has 0 aliphatic carbocycles. The molecule has 0 aliphatic heterocycles. The van der Waals surface area contributed by atoms with Crippen LogP contribution in [0.4, 0.5) is 0 Å². The standard InChI is InChI=1S/C57H98O6/c1-4-7-10-13-16-19-22-25-27-28-30-32-35-38-41-44-47-50-56(59)62-53-54(52-61-55(58)49-46-43-40-37-34-31-24-21-18-15-12-9-6-3)63-57(60)51-48-45-42-39-36-33-29-26-23-20-17-14-11-8-5-2/h9,12,15-16,18-19,21,24-25,27,31,34,54H,4-8,10-11,13-14,17,20,22-23,26,28-30,32-33,35-53H2,1-3H3/b12-9-,18-15-,19-16-,24-21-,27-25-,34-31-. The third-order valence-corrected chi connectivity index (χ3v) is 11.3. The van der Waals surface area contributed by atoms with E-state index >= 15 is 0 Å². The van der Waals surface area contributed by atoms with Crippen molar-refractivity contribution in [1.29, 1.82) is 0 Å². The summed E-state index contributed by atoms with van der Waals surface area (Å²) in [4.78, 5) is 38.0. The summed E-state index contributed by atoms with van der Waals surface area (Å²) < 4.78 is 16.8. The lowest BCUT2D eigenvalue weighted by Gasteiger charge is -2.18. The number of carbonyl (C=O) groups is 3. The van der Waals surface area contributed by atoms with Crippen LogP contribution in [0.5, 0.6) is 0 Å². The molecular formula is C57H98O6. The van der Waals surface area contributed by atoms with Gasteiger partial charge in [-0.1, -0.05) is 235 Å². The van der Waals surface area contributed by atoms with Gasteiger partial charge in [-0.05, 0) is 70.6 Å². The van der Waals surface area contributed by atoms with E-state index in [1.807, 2.05) is 30.4 Å². The molecule has 0 spiro atoms. The van der Waals surface area contributed by atoms with Gasteiger partial charge in [-0.25, -0.2) is 0 Å². The highest BCUT2D eigenvalue weighted by Gasteiger charge is 2.19. The van der Waals surface area contributed by atoms with Crippen LogP contribution in [-0.4, -0.2) is 37.2 Å². The summed E-state index contributed by atoms with van der Waals surface area (Å²) in [5, 5.41) is 0. The molecule has 63 heavy (non-hydrogen) atoms. The van der Waals surface area contributed by atoms with Crippen molar-refractivity contribution < 1.29 is 28.6 Å². The molecule has 6 heteroatoms. The third kappa shape index (κ3) is 49.7. The Morgan fingerprint density at radius 1 is 0.349 bits per heavy atom. The topological polar surface area (TPSA) is 78.9 Å². The highest BCUT2D eigenvalue weighted by molar-refractivity contribution is 5.71. The predicted octanol–water partition coefficient (Wildman–Crippen LogP) is 17.4. The van der Waals surface area contributed by atoms with E-state index in [0.29, 0.717) is 19.3 Å². The largest absolute Gasteiger partial charge is 0.462 e. The number of unbranched alkanes of at least 4 members (excludes halogenated alkanes) is 27.